The van der Waals surface area contributed by atoms with Crippen LogP contribution in [0.4, 0.5) is 10.2 Å². The summed E-state index contributed by atoms with van der Waals surface area (Å²) < 4.78 is 13.9. The largest absolute Gasteiger partial charge is 0.392 e. The molecule has 0 saturated carbocycles. The molecule has 1 N–H and O–H groups in total. The van der Waals surface area contributed by atoms with Crippen LogP contribution in [0.1, 0.15) is 25.3 Å². The van der Waals surface area contributed by atoms with E-state index in [9.17, 15) is 4.39 Å². The lowest BCUT2D eigenvalue weighted by atomic mass is 10.0. The molecule has 0 bridgehead atoms. The minimum Gasteiger partial charge on any atom is -0.392 e. The van der Waals surface area contributed by atoms with Gasteiger partial charge < -0.3 is 10.0 Å². The summed E-state index contributed by atoms with van der Waals surface area (Å²) in [5.74, 6) is 0.588. The average Bonchev–Trinajstić information content (AvgIpc) is 2.29. The van der Waals surface area contributed by atoms with E-state index in [0.717, 1.165) is 19.5 Å². The molecular formula is C12H17FN2O. The van der Waals surface area contributed by atoms with Crippen LogP contribution >= 0.6 is 0 Å². The van der Waals surface area contributed by atoms with Crippen molar-refractivity contribution in [3.8, 4) is 0 Å². The second-order valence-corrected chi connectivity index (χ2v) is 4.46. The first-order valence-corrected chi connectivity index (χ1v) is 5.71. The van der Waals surface area contributed by atoms with E-state index in [2.05, 4.69) is 11.9 Å². The third-order valence-electron chi connectivity index (χ3n) is 3.08. The van der Waals surface area contributed by atoms with Gasteiger partial charge in [0.25, 0.3) is 0 Å². The molecule has 2 heterocycles. The standard InChI is InChI=1S/C12H17FN2O/c1-9-3-2-6-15(7-9)12-11(13)10(8-16)4-5-14-12/h4-5,9,16H,2-3,6-8H2,1H3. The zero-order chi connectivity index (χ0) is 11.5. The Morgan fingerprint density at radius 1 is 1.62 bits per heavy atom. The Balaban J connectivity index is 2.25. The van der Waals surface area contributed by atoms with E-state index in [-0.39, 0.29) is 12.4 Å². The number of pyridine rings is 1. The van der Waals surface area contributed by atoms with Crippen LogP contribution in [0.3, 0.4) is 0 Å². The van der Waals surface area contributed by atoms with Gasteiger partial charge in [-0.2, -0.15) is 0 Å². The summed E-state index contributed by atoms with van der Waals surface area (Å²) in [7, 11) is 0. The molecular weight excluding hydrogens is 207 g/mol. The fourth-order valence-electron chi connectivity index (χ4n) is 2.20. The van der Waals surface area contributed by atoms with Crippen LogP contribution in [0.2, 0.25) is 0 Å². The van der Waals surface area contributed by atoms with Gasteiger partial charge in [0.1, 0.15) is 0 Å². The fourth-order valence-corrected chi connectivity index (χ4v) is 2.20. The summed E-state index contributed by atoms with van der Waals surface area (Å²) in [6.45, 7) is 3.59. The SMILES string of the molecule is CC1CCCN(c2nccc(CO)c2F)C1. The molecule has 2 rings (SSSR count). The lowest BCUT2D eigenvalue weighted by molar-refractivity contribution is 0.275. The Hall–Kier alpha value is -1.16. The summed E-state index contributed by atoms with van der Waals surface area (Å²) in [5.41, 5.74) is 0.322. The average molecular weight is 224 g/mol. The highest BCUT2D eigenvalue weighted by atomic mass is 19.1. The predicted octanol–water partition coefficient (Wildman–Crippen LogP) is 1.95. The molecule has 1 unspecified atom stereocenters. The second kappa shape index (κ2) is 4.78. The molecule has 1 saturated heterocycles. The lowest BCUT2D eigenvalue weighted by Gasteiger charge is -2.32. The van der Waals surface area contributed by atoms with E-state index >= 15 is 0 Å². The van der Waals surface area contributed by atoms with Crippen molar-refractivity contribution in [1.29, 1.82) is 0 Å². The highest BCUT2D eigenvalue weighted by Crippen LogP contribution is 2.24. The Labute approximate surface area is 94.9 Å². The molecule has 1 aliphatic rings. The fraction of sp³-hybridized carbons (Fsp3) is 0.583. The van der Waals surface area contributed by atoms with Crippen molar-refractivity contribution >= 4 is 5.82 Å². The number of anilines is 1. The van der Waals surface area contributed by atoms with Crippen LogP contribution in [0.5, 0.6) is 0 Å². The van der Waals surface area contributed by atoms with E-state index in [4.69, 9.17) is 5.11 Å². The highest BCUT2D eigenvalue weighted by molar-refractivity contribution is 5.43. The lowest BCUT2D eigenvalue weighted by Crippen LogP contribution is -2.35. The van der Waals surface area contributed by atoms with E-state index in [1.54, 1.807) is 6.20 Å². The first kappa shape index (κ1) is 11.3. The number of aliphatic hydroxyl groups is 1. The number of piperidine rings is 1. The third kappa shape index (κ3) is 2.16. The number of rotatable bonds is 2. The van der Waals surface area contributed by atoms with E-state index in [1.807, 2.05) is 4.90 Å². The van der Waals surface area contributed by atoms with Crippen LogP contribution in [0.25, 0.3) is 0 Å². The van der Waals surface area contributed by atoms with Crippen molar-refractivity contribution in [2.24, 2.45) is 5.92 Å². The van der Waals surface area contributed by atoms with Gasteiger partial charge >= 0.3 is 0 Å². The van der Waals surface area contributed by atoms with Gasteiger partial charge in [-0.05, 0) is 24.8 Å². The number of nitrogens with zero attached hydrogens (tertiary/aromatic N) is 2. The van der Waals surface area contributed by atoms with Crippen LogP contribution in [0.15, 0.2) is 12.3 Å². The van der Waals surface area contributed by atoms with Gasteiger partial charge in [-0.25, -0.2) is 9.37 Å². The van der Waals surface area contributed by atoms with Crippen LogP contribution in [0, 0.1) is 11.7 Å². The number of halogens is 1. The minimum absolute atomic E-state index is 0.273. The van der Waals surface area contributed by atoms with Crippen LogP contribution in [-0.2, 0) is 6.61 Å². The van der Waals surface area contributed by atoms with Gasteiger partial charge in [0.15, 0.2) is 11.6 Å². The van der Waals surface area contributed by atoms with Crippen molar-refractivity contribution in [1.82, 2.24) is 4.98 Å². The van der Waals surface area contributed by atoms with Gasteiger partial charge in [-0.3, -0.25) is 0 Å². The maximum Gasteiger partial charge on any atom is 0.171 e. The monoisotopic (exact) mass is 224 g/mol. The zero-order valence-electron chi connectivity index (χ0n) is 9.49. The van der Waals surface area contributed by atoms with Crippen molar-refractivity contribution in [2.75, 3.05) is 18.0 Å². The molecule has 0 radical (unpaired) electrons. The molecule has 1 aromatic rings. The van der Waals surface area contributed by atoms with Crippen LogP contribution < -0.4 is 4.90 Å². The van der Waals surface area contributed by atoms with Gasteiger partial charge in [0.2, 0.25) is 0 Å². The predicted molar refractivity (Wildman–Crippen MR) is 60.7 cm³/mol. The van der Waals surface area contributed by atoms with Gasteiger partial charge in [0.05, 0.1) is 6.61 Å². The molecule has 3 nitrogen and oxygen atoms in total. The van der Waals surface area contributed by atoms with E-state index < -0.39 is 0 Å². The number of hydrogen-bond acceptors (Lipinski definition) is 3. The van der Waals surface area contributed by atoms with Crippen molar-refractivity contribution in [3.05, 3.63) is 23.6 Å². The topological polar surface area (TPSA) is 36.4 Å². The molecule has 0 spiro atoms. The maximum absolute atomic E-state index is 13.9. The molecule has 1 aromatic heterocycles. The quantitative estimate of drug-likeness (QED) is 0.834. The molecule has 16 heavy (non-hydrogen) atoms. The van der Waals surface area contributed by atoms with Gasteiger partial charge in [-0.15, -0.1) is 0 Å². The molecule has 0 aliphatic carbocycles. The molecule has 88 valence electrons. The molecule has 1 atom stereocenters. The number of hydrogen-bond donors (Lipinski definition) is 1. The first-order chi connectivity index (χ1) is 7.72. The Kier molecular flexibility index (Phi) is 3.39. The summed E-state index contributed by atoms with van der Waals surface area (Å²) in [4.78, 5) is 6.06. The van der Waals surface area contributed by atoms with Gasteiger partial charge in [-0.1, -0.05) is 6.92 Å². The Bertz CT molecular complexity index is 370. The van der Waals surface area contributed by atoms with Crippen molar-refractivity contribution in [2.45, 2.75) is 26.4 Å². The molecule has 0 aromatic carbocycles. The van der Waals surface area contributed by atoms with E-state index in [1.165, 1.54) is 12.5 Å². The molecule has 1 fully saturated rings. The van der Waals surface area contributed by atoms with Crippen molar-refractivity contribution < 1.29 is 9.50 Å². The molecule has 1 aliphatic heterocycles. The van der Waals surface area contributed by atoms with Crippen molar-refractivity contribution in [3.63, 3.8) is 0 Å². The zero-order valence-corrected chi connectivity index (χ0v) is 9.49. The normalized spacial score (nSPS) is 21.2. The summed E-state index contributed by atoms with van der Waals surface area (Å²) >= 11 is 0. The first-order valence-electron chi connectivity index (χ1n) is 5.71. The smallest absolute Gasteiger partial charge is 0.171 e. The number of aromatic nitrogens is 1. The Morgan fingerprint density at radius 2 is 2.44 bits per heavy atom. The molecule has 0 amide bonds. The second-order valence-electron chi connectivity index (χ2n) is 4.46. The minimum atomic E-state index is -0.376. The number of aliphatic hydroxyl groups excluding tert-OH is 1. The summed E-state index contributed by atoms with van der Waals surface area (Å²) in [6.07, 6.45) is 3.83. The van der Waals surface area contributed by atoms with Gasteiger partial charge in [0, 0.05) is 24.8 Å². The van der Waals surface area contributed by atoms with Crippen LogP contribution in [-0.4, -0.2) is 23.2 Å². The summed E-state index contributed by atoms with van der Waals surface area (Å²) in [6, 6.07) is 1.52. The maximum atomic E-state index is 13.9. The molecule has 4 heteroatoms. The highest BCUT2D eigenvalue weighted by Gasteiger charge is 2.21. The Morgan fingerprint density at radius 3 is 3.12 bits per heavy atom. The van der Waals surface area contributed by atoms with E-state index in [0.29, 0.717) is 17.3 Å². The third-order valence-corrected chi connectivity index (χ3v) is 3.08. The summed E-state index contributed by atoms with van der Waals surface area (Å²) in [5, 5.41) is 9.01.